The van der Waals surface area contributed by atoms with Gasteiger partial charge in [-0.15, -0.1) is 0 Å². The van der Waals surface area contributed by atoms with Gasteiger partial charge in [-0.25, -0.2) is 8.42 Å². The van der Waals surface area contributed by atoms with Gasteiger partial charge in [-0.1, -0.05) is 25.0 Å². The molecule has 6 nitrogen and oxygen atoms in total. The zero-order chi connectivity index (χ0) is 22.2. The average molecular weight is 444 g/mol. The van der Waals surface area contributed by atoms with E-state index in [1.165, 1.54) is 35.7 Å². The molecule has 1 saturated carbocycles. The Labute approximate surface area is 185 Å². The molecule has 0 N–H and O–H groups in total. The number of nitrogens with zero attached hydrogens (tertiary/aromatic N) is 3. The molecule has 1 aromatic carbocycles. The molecule has 2 fully saturated rings. The summed E-state index contributed by atoms with van der Waals surface area (Å²) in [5.74, 6) is 0.132. The van der Waals surface area contributed by atoms with Crippen LogP contribution in [0.25, 0.3) is 0 Å². The van der Waals surface area contributed by atoms with E-state index in [2.05, 4.69) is 23.3 Å². The number of carbonyl (C=O) groups is 1. The van der Waals surface area contributed by atoms with Crippen molar-refractivity contribution in [2.75, 3.05) is 32.7 Å². The third-order valence-corrected chi connectivity index (χ3v) is 8.70. The summed E-state index contributed by atoms with van der Waals surface area (Å²) in [7, 11) is -3.49. The molecule has 0 amide bonds. The van der Waals surface area contributed by atoms with E-state index < -0.39 is 10.0 Å². The Bertz CT molecular complexity index is 1060. The fourth-order valence-corrected chi connectivity index (χ4v) is 6.65. The van der Waals surface area contributed by atoms with Crippen molar-refractivity contribution in [3.8, 4) is 0 Å². The lowest BCUT2D eigenvalue weighted by molar-refractivity contribution is 0.0901. The minimum absolute atomic E-state index is 0.132. The molecular formula is C24H33N3O3S. The molecule has 168 valence electrons. The van der Waals surface area contributed by atoms with E-state index in [0.29, 0.717) is 43.7 Å². The van der Waals surface area contributed by atoms with Gasteiger partial charge in [0.05, 0.1) is 11.4 Å². The fraction of sp³-hybridized carbons (Fsp3) is 0.542. The van der Waals surface area contributed by atoms with E-state index in [-0.39, 0.29) is 5.78 Å². The van der Waals surface area contributed by atoms with Crippen molar-refractivity contribution in [1.29, 1.82) is 0 Å². The quantitative estimate of drug-likeness (QED) is 0.639. The SMILES string of the molecule is Cc1cccc(S(=O)(=O)N2CCN(CC(=O)c3cc(C)n(C4CCCC4)c3C)CC2)c1. The third kappa shape index (κ3) is 4.49. The molecule has 2 heterocycles. The maximum atomic E-state index is 13.1. The van der Waals surface area contributed by atoms with Crippen molar-refractivity contribution in [2.24, 2.45) is 0 Å². The zero-order valence-corrected chi connectivity index (χ0v) is 19.6. The van der Waals surface area contributed by atoms with Crippen LogP contribution in [-0.2, 0) is 10.0 Å². The van der Waals surface area contributed by atoms with Crippen LogP contribution < -0.4 is 0 Å². The molecule has 0 bridgehead atoms. The number of benzene rings is 1. The lowest BCUT2D eigenvalue weighted by Crippen LogP contribution is -2.49. The summed E-state index contributed by atoms with van der Waals surface area (Å²) < 4.78 is 29.8. The largest absolute Gasteiger partial charge is 0.345 e. The number of Topliss-reactive ketones (excluding diaryl/α,β-unsaturated/α-hetero) is 1. The van der Waals surface area contributed by atoms with Crippen LogP contribution in [0.15, 0.2) is 35.2 Å². The van der Waals surface area contributed by atoms with Gasteiger partial charge >= 0.3 is 0 Å². The summed E-state index contributed by atoms with van der Waals surface area (Å²) in [5.41, 5.74) is 4.00. The van der Waals surface area contributed by atoms with Crippen molar-refractivity contribution in [3.05, 3.63) is 52.8 Å². The van der Waals surface area contributed by atoms with Crippen molar-refractivity contribution >= 4 is 15.8 Å². The number of piperazine rings is 1. The fourth-order valence-electron chi connectivity index (χ4n) is 5.12. The van der Waals surface area contributed by atoms with Crippen LogP contribution in [0.2, 0.25) is 0 Å². The number of aromatic nitrogens is 1. The van der Waals surface area contributed by atoms with Crippen molar-refractivity contribution in [1.82, 2.24) is 13.8 Å². The second-order valence-electron chi connectivity index (χ2n) is 9.01. The lowest BCUT2D eigenvalue weighted by Gasteiger charge is -2.33. The van der Waals surface area contributed by atoms with E-state index in [1.54, 1.807) is 18.2 Å². The molecule has 1 aromatic heterocycles. The van der Waals surface area contributed by atoms with Gasteiger partial charge in [0, 0.05) is 49.2 Å². The van der Waals surface area contributed by atoms with E-state index in [4.69, 9.17) is 0 Å². The molecule has 1 saturated heterocycles. The number of ketones is 1. The highest BCUT2D eigenvalue weighted by Gasteiger charge is 2.30. The molecule has 2 aliphatic rings. The van der Waals surface area contributed by atoms with Crippen LogP contribution in [-0.4, -0.2) is 60.7 Å². The maximum Gasteiger partial charge on any atom is 0.243 e. The van der Waals surface area contributed by atoms with Crippen molar-refractivity contribution < 1.29 is 13.2 Å². The number of rotatable bonds is 6. The summed E-state index contributed by atoms with van der Waals surface area (Å²) in [6.45, 7) is 8.34. The van der Waals surface area contributed by atoms with E-state index in [9.17, 15) is 13.2 Å². The molecule has 0 radical (unpaired) electrons. The minimum Gasteiger partial charge on any atom is -0.345 e. The summed E-state index contributed by atoms with van der Waals surface area (Å²) >= 11 is 0. The minimum atomic E-state index is -3.49. The van der Waals surface area contributed by atoms with Gasteiger partial charge in [0.1, 0.15) is 0 Å². The molecule has 4 rings (SSSR count). The molecule has 0 spiro atoms. The Hall–Kier alpha value is -1.96. The highest BCUT2D eigenvalue weighted by atomic mass is 32.2. The predicted molar refractivity (Wildman–Crippen MR) is 122 cm³/mol. The Morgan fingerprint density at radius 3 is 2.32 bits per heavy atom. The normalized spacial score (nSPS) is 19.2. The smallest absolute Gasteiger partial charge is 0.243 e. The summed E-state index contributed by atoms with van der Waals surface area (Å²) in [5, 5.41) is 0. The Balaban J connectivity index is 1.39. The molecule has 7 heteroatoms. The van der Waals surface area contributed by atoms with E-state index in [1.807, 2.05) is 19.1 Å². The zero-order valence-electron chi connectivity index (χ0n) is 18.8. The topological polar surface area (TPSA) is 62.6 Å². The first kappa shape index (κ1) is 22.2. The number of carbonyl (C=O) groups excluding carboxylic acids is 1. The average Bonchev–Trinajstić information content (AvgIpc) is 3.36. The van der Waals surface area contributed by atoms with Crippen LogP contribution >= 0.6 is 0 Å². The monoisotopic (exact) mass is 443 g/mol. The molecule has 2 aromatic rings. The van der Waals surface area contributed by atoms with E-state index >= 15 is 0 Å². The Morgan fingerprint density at radius 1 is 1.00 bits per heavy atom. The second kappa shape index (κ2) is 8.88. The van der Waals surface area contributed by atoms with Gasteiger partial charge in [0.25, 0.3) is 0 Å². The molecule has 0 atom stereocenters. The van der Waals surface area contributed by atoms with Crippen molar-refractivity contribution in [3.63, 3.8) is 0 Å². The number of aryl methyl sites for hydroxylation is 2. The number of hydrogen-bond acceptors (Lipinski definition) is 4. The predicted octanol–water partition coefficient (Wildman–Crippen LogP) is 3.72. The molecule has 1 aliphatic heterocycles. The van der Waals surface area contributed by atoms with E-state index in [0.717, 1.165) is 16.8 Å². The van der Waals surface area contributed by atoms with Crippen LogP contribution in [0.3, 0.4) is 0 Å². The highest BCUT2D eigenvalue weighted by molar-refractivity contribution is 7.89. The lowest BCUT2D eigenvalue weighted by atomic mass is 10.1. The Kier molecular flexibility index (Phi) is 6.37. The van der Waals surface area contributed by atoms with Gasteiger partial charge in [0.2, 0.25) is 10.0 Å². The first-order valence-electron chi connectivity index (χ1n) is 11.3. The van der Waals surface area contributed by atoms with Gasteiger partial charge in [-0.05, 0) is 57.4 Å². The standard InChI is InChI=1S/C24H33N3O3S/c1-18-7-6-10-22(15-18)31(29,30)26-13-11-25(12-14-26)17-24(28)23-16-19(2)27(20(23)3)21-8-4-5-9-21/h6-7,10,15-16,21H,4-5,8-9,11-14,17H2,1-3H3. The van der Waals surface area contributed by atoms with Gasteiger partial charge < -0.3 is 4.57 Å². The summed E-state index contributed by atoms with van der Waals surface area (Å²) in [6, 6.07) is 9.60. The molecule has 0 unspecified atom stereocenters. The molecular weight excluding hydrogens is 410 g/mol. The van der Waals surface area contributed by atoms with Crippen LogP contribution in [0.1, 0.15) is 59.0 Å². The van der Waals surface area contributed by atoms with Crippen LogP contribution in [0.5, 0.6) is 0 Å². The summed E-state index contributed by atoms with van der Waals surface area (Å²) in [6.07, 6.45) is 4.92. The number of sulfonamides is 1. The number of hydrogen-bond donors (Lipinski definition) is 0. The third-order valence-electron chi connectivity index (χ3n) is 6.80. The molecule has 1 aliphatic carbocycles. The van der Waals surface area contributed by atoms with Gasteiger partial charge in [0.15, 0.2) is 5.78 Å². The highest BCUT2D eigenvalue weighted by Crippen LogP contribution is 2.33. The Morgan fingerprint density at radius 2 is 1.68 bits per heavy atom. The first-order chi connectivity index (χ1) is 14.8. The van der Waals surface area contributed by atoms with Crippen molar-refractivity contribution in [2.45, 2.75) is 57.4 Å². The second-order valence-corrected chi connectivity index (χ2v) is 11.0. The van der Waals surface area contributed by atoms with Crippen LogP contribution in [0.4, 0.5) is 0 Å². The van der Waals surface area contributed by atoms with Gasteiger partial charge in [-0.2, -0.15) is 4.31 Å². The summed E-state index contributed by atoms with van der Waals surface area (Å²) in [4.78, 5) is 15.5. The van der Waals surface area contributed by atoms with Gasteiger partial charge in [-0.3, -0.25) is 9.69 Å². The van der Waals surface area contributed by atoms with Crippen LogP contribution in [0, 0.1) is 20.8 Å². The maximum absolute atomic E-state index is 13.1. The first-order valence-corrected chi connectivity index (χ1v) is 12.7. The molecule has 31 heavy (non-hydrogen) atoms.